The number of imidazole rings is 1. The predicted octanol–water partition coefficient (Wildman–Crippen LogP) is 6.05. The van der Waals surface area contributed by atoms with Crippen LogP contribution in [-0.2, 0) is 17.9 Å². The first-order chi connectivity index (χ1) is 15.5. The highest BCUT2D eigenvalue weighted by molar-refractivity contribution is 6.42. The van der Waals surface area contributed by atoms with E-state index >= 15 is 0 Å². The Bertz CT molecular complexity index is 1300. The van der Waals surface area contributed by atoms with Gasteiger partial charge in [-0.2, -0.15) is 0 Å². The lowest BCUT2D eigenvalue weighted by atomic mass is 10.1. The molecule has 1 saturated heterocycles. The van der Waals surface area contributed by atoms with Gasteiger partial charge in [0.1, 0.15) is 11.6 Å². The highest BCUT2D eigenvalue weighted by Gasteiger charge is 2.34. The van der Waals surface area contributed by atoms with Gasteiger partial charge in [0.15, 0.2) is 0 Å². The summed E-state index contributed by atoms with van der Waals surface area (Å²) in [4.78, 5) is 19.5. The number of para-hydroxylation sites is 2. The van der Waals surface area contributed by atoms with E-state index in [0.29, 0.717) is 36.1 Å². The molecule has 1 aliphatic heterocycles. The number of carbonyl (C=O) groups is 1. The van der Waals surface area contributed by atoms with Gasteiger partial charge in [0, 0.05) is 32.0 Å². The van der Waals surface area contributed by atoms with Crippen LogP contribution in [0.5, 0.6) is 0 Å². The van der Waals surface area contributed by atoms with Crippen LogP contribution in [0.3, 0.4) is 0 Å². The minimum absolute atomic E-state index is 0.0295. The van der Waals surface area contributed by atoms with Gasteiger partial charge < -0.3 is 9.47 Å². The molecule has 2 heterocycles. The molecular weight excluding hydrogens is 448 g/mol. The fraction of sp³-hybridized carbons (Fsp3) is 0.200. The maximum atomic E-state index is 13.2. The minimum atomic E-state index is -0.282. The Hall–Kier alpha value is -2.89. The van der Waals surface area contributed by atoms with E-state index in [2.05, 4.69) is 4.57 Å². The Morgan fingerprint density at radius 1 is 0.938 bits per heavy atom. The van der Waals surface area contributed by atoms with Crippen molar-refractivity contribution < 1.29 is 9.18 Å². The Morgan fingerprint density at radius 2 is 1.69 bits per heavy atom. The summed E-state index contributed by atoms with van der Waals surface area (Å²) in [6, 6.07) is 19.9. The van der Waals surface area contributed by atoms with Crippen molar-refractivity contribution in [3.05, 3.63) is 99.5 Å². The molecule has 1 aliphatic rings. The fourth-order valence-corrected chi connectivity index (χ4v) is 4.62. The Balaban J connectivity index is 1.45. The molecule has 0 saturated carbocycles. The maximum absolute atomic E-state index is 13.2. The molecule has 1 fully saturated rings. The number of aromatic nitrogens is 2. The summed E-state index contributed by atoms with van der Waals surface area (Å²) in [7, 11) is 0. The molecule has 4 aromatic rings. The highest BCUT2D eigenvalue weighted by Crippen LogP contribution is 2.32. The van der Waals surface area contributed by atoms with Crippen molar-refractivity contribution in [2.45, 2.75) is 25.4 Å². The molecule has 0 N–H and O–H groups in total. The van der Waals surface area contributed by atoms with Crippen LogP contribution < -0.4 is 0 Å². The van der Waals surface area contributed by atoms with Crippen molar-refractivity contribution in [2.24, 2.45) is 0 Å². The molecule has 1 unspecified atom stereocenters. The molecule has 1 amide bonds. The molecular formula is C25H20Cl2FN3O. The largest absolute Gasteiger partial charge is 0.338 e. The molecule has 5 rings (SSSR count). The first-order valence-electron chi connectivity index (χ1n) is 10.4. The van der Waals surface area contributed by atoms with Gasteiger partial charge in [0.05, 0.1) is 21.1 Å². The maximum Gasteiger partial charge on any atom is 0.223 e. The molecule has 4 nitrogen and oxygen atoms in total. The van der Waals surface area contributed by atoms with Gasteiger partial charge >= 0.3 is 0 Å². The lowest BCUT2D eigenvalue weighted by Crippen LogP contribution is -2.24. The van der Waals surface area contributed by atoms with E-state index in [1.54, 1.807) is 18.2 Å². The van der Waals surface area contributed by atoms with Crippen LogP contribution >= 0.6 is 23.2 Å². The van der Waals surface area contributed by atoms with Crippen LogP contribution in [0.15, 0.2) is 66.7 Å². The molecule has 162 valence electrons. The molecule has 1 aromatic heterocycles. The van der Waals surface area contributed by atoms with E-state index in [0.717, 1.165) is 28.0 Å². The second-order valence-electron chi connectivity index (χ2n) is 8.10. The SMILES string of the molecule is O=C1CC(c2nc3ccccc3n2Cc2ccc(Cl)c(Cl)c2)CN1Cc1ccc(F)cc1. The summed E-state index contributed by atoms with van der Waals surface area (Å²) < 4.78 is 15.4. The summed E-state index contributed by atoms with van der Waals surface area (Å²) in [5.74, 6) is 0.646. The van der Waals surface area contributed by atoms with Gasteiger partial charge in [-0.3, -0.25) is 4.79 Å². The minimum Gasteiger partial charge on any atom is -0.338 e. The first kappa shape index (κ1) is 21.0. The van der Waals surface area contributed by atoms with Crippen LogP contribution in [0.1, 0.15) is 29.3 Å². The van der Waals surface area contributed by atoms with Gasteiger partial charge in [-0.15, -0.1) is 0 Å². The molecule has 32 heavy (non-hydrogen) atoms. The zero-order valence-electron chi connectivity index (χ0n) is 17.1. The van der Waals surface area contributed by atoms with Gasteiger partial charge in [0.2, 0.25) is 5.91 Å². The third-order valence-electron chi connectivity index (χ3n) is 5.88. The summed E-state index contributed by atoms with van der Waals surface area (Å²) in [5.41, 5.74) is 3.83. The van der Waals surface area contributed by atoms with Crippen molar-refractivity contribution in [1.82, 2.24) is 14.5 Å². The average Bonchev–Trinajstić information content (AvgIpc) is 3.33. The van der Waals surface area contributed by atoms with E-state index < -0.39 is 0 Å². The topological polar surface area (TPSA) is 38.1 Å². The van der Waals surface area contributed by atoms with E-state index in [1.807, 2.05) is 41.3 Å². The monoisotopic (exact) mass is 467 g/mol. The van der Waals surface area contributed by atoms with Crippen molar-refractivity contribution in [1.29, 1.82) is 0 Å². The van der Waals surface area contributed by atoms with E-state index in [4.69, 9.17) is 28.2 Å². The highest BCUT2D eigenvalue weighted by atomic mass is 35.5. The zero-order valence-corrected chi connectivity index (χ0v) is 18.7. The third kappa shape index (κ3) is 4.10. The standard InChI is InChI=1S/C25H20Cl2FN3O/c26-20-10-7-17(11-21(20)27)14-31-23-4-2-1-3-22(23)29-25(31)18-12-24(32)30(15-18)13-16-5-8-19(28)9-6-16/h1-11,18H,12-15H2. The first-order valence-corrected chi connectivity index (χ1v) is 11.1. The summed E-state index contributed by atoms with van der Waals surface area (Å²) in [6.07, 6.45) is 0.395. The van der Waals surface area contributed by atoms with E-state index in [1.165, 1.54) is 12.1 Å². The number of amides is 1. The molecule has 1 atom stereocenters. The smallest absolute Gasteiger partial charge is 0.223 e. The Labute approximate surface area is 195 Å². The lowest BCUT2D eigenvalue weighted by molar-refractivity contribution is -0.128. The zero-order chi connectivity index (χ0) is 22.2. The van der Waals surface area contributed by atoms with Crippen LogP contribution in [0, 0.1) is 5.82 Å². The average molecular weight is 468 g/mol. The van der Waals surface area contributed by atoms with Crippen molar-refractivity contribution in [3.8, 4) is 0 Å². The quantitative estimate of drug-likeness (QED) is 0.358. The number of likely N-dealkylation sites (tertiary alicyclic amines) is 1. The molecule has 7 heteroatoms. The number of benzene rings is 3. The number of rotatable bonds is 5. The predicted molar refractivity (Wildman–Crippen MR) is 124 cm³/mol. The number of nitrogens with zero attached hydrogens (tertiary/aromatic N) is 3. The number of hydrogen-bond donors (Lipinski definition) is 0. The van der Waals surface area contributed by atoms with Gasteiger partial charge in [-0.05, 0) is 47.5 Å². The van der Waals surface area contributed by atoms with Crippen molar-refractivity contribution in [2.75, 3.05) is 6.54 Å². The molecule has 0 radical (unpaired) electrons. The summed E-state index contributed by atoms with van der Waals surface area (Å²) in [6.45, 7) is 1.61. The second-order valence-corrected chi connectivity index (χ2v) is 8.91. The molecule has 0 spiro atoms. The molecule has 3 aromatic carbocycles. The molecule has 0 aliphatic carbocycles. The fourth-order valence-electron chi connectivity index (χ4n) is 4.30. The number of fused-ring (bicyclic) bond motifs is 1. The number of hydrogen-bond acceptors (Lipinski definition) is 2. The van der Waals surface area contributed by atoms with Gasteiger partial charge in [-0.1, -0.05) is 53.5 Å². The van der Waals surface area contributed by atoms with Crippen LogP contribution in [0.2, 0.25) is 10.0 Å². The van der Waals surface area contributed by atoms with Crippen molar-refractivity contribution >= 4 is 40.1 Å². The van der Waals surface area contributed by atoms with Crippen LogP contribution in [-0.4, -0.2) is 26.9 Å². The Morgan fingerprint density at radius 3 is 2.47 bits per heavy atom. The van der Waals surface area contributed by atoms with Gasteiger partial charge in [-0.25, -0.2) is 9.37 Å². The number of carbonyl (C=O) groups excluding carboxylic acids is 1. The van der Waals surface area contributed by atoms with Gasteiger partial charge in [0.25, 0.3) is 0 Å². The van der Waals surface area contributed by atoms with Crippen LogP contribution in [0.25, 0.3) is 11.0 Å². The normalized spacial score (nSPS) is 16.3. The molecule has 0 bridgehead atoms. The second kappa shape index (κ2) is 8.57. The van der Waals surface area contributed by atoms with Crippen LogP contribution in [0.4, 0.5) is 4.39 Å². The number of halogens is 3. The van der Waals surface area contributed by atoms with Crippen molar-refractivity contribution in [3.63, 3.8) is 0 Å². The summed E-state index contributed by atoms with van der Waals surface area (Å²) in [5, 5.41) is 1.03. The Kier molecular flexibility index (Phi) is 5.62. The van der Waals surface area contributed by atoms with E-state index in [-0.39, 0.29) is 17.6 Å². The third-order valence-corrected chi connectivity index (χ3v) is 6.61. The van der Waals surface area contributed by atoms with E-state index in [9.17, 15) is 9.18 Å². The summed E-state index contributed by atoms with van der Waals surface area (Å²) >= 11 is 12.3. The lowest BCUT2D eigenvalue weighted by Gasteiger charge is -2.17.